The normalized spacial score (nSPS) is 31.1. The van der Waals surface area contributed by atoms with Crippen molar-refractivity contribution < 1.29 is 14.6 Å². The SMILES string of the molecule is CC(C)C[C@@H]1OC(=O)C[C@@H]1O. The van der Waals surface area contributed by atoms with E-state index in [1.807, 2.05) is 13.8 Å². The standard InChI is InChI=1S/C8H14O3/c1-5(2)3-7-6(9)4-8(10)11-7/h5-7,9H,3-4H2,1-2H3/t6-,7-/m0/s1. The van der Waals surface area contributed by atoms with Gasteiger partial charge in [-0.15, -0.1) is 0 Å². The van der Waals surface area contributed by atoms with Gasteiger partial charge < -0.3 is 9.84 Å². The average Bonchev–Trinajstić information content (AvgIpc) is 2.09. The van der Waals surface area contributed by atoms with Gasteiger partial charge in [-0.25, -0.2) is 0 Å². The van der Waals surface area contributed by atoms with Gasteiger partial charge in [0.05, 0.1) is 6.42 Å². The molecule has 0 unspecified atom stereocenters. The Hall–Kier alpha value is -0.570. The maximum absolute atomic E-state index is 10.7. The van der Waals surface area contributed by atoms with E-state index in [9.17, 15) is 9.90 Å². The smallest absolute Gasteiger partial charge is 0.308 e. The molecule has 0 aromatic heterocycles. The quantitative estimate of drug-likeness (QED) is 0.602. The molecule has 3 nitrogen and oxygen atoms in total. The molecule has 64 valence electrons. The number of carbonyl (C=O) groups excluding carboxylic acids is 1. The van der Waals surface area contributed by atoms with Crippen LogP contribution < -0.4 is 0 Å². The zero-order valence-electron chi connectivity index (χ0n) is 6.91. The third-order valence-electron chi connectivity index (χ3n) is 1.79. The number of carbonyl (C=O) groups is 1. The maximum Gasteiger partial charge on any atom is 0.308 e. The van der Waals surface area contributed by atoms with Crippen molar-refractivity contribution in [3.05, 3.63) is 0 Å². The van der Waals surface area contributed by atoms with Crippen LogP contribution in [-0.2, 0) is 9.53 Å². The van der Waals surface area contributed by atoms with Crippen molar-refractivity contribution in [3.63, 3.8) is 0 Å². The van der Waals surface area contributed by atoms with Crippen LogP contribution in [0.4, 0.5) is 0 Å². The van der Waals surface area contributed by atoms with Gasteiger partial charge >= 0.3 is 5.97 Å². The highest BCUT2D eigenvalue weighted by molar-refractivity contribution is 5.72. The van der Waals surface area contributed by atoms with E-state index in [1.165, 1.54) is 0 Å². The number of cyclic esters (lactones) is 1. The summed E-state index contributed by atoms with van der Waals surface area (Å²) in [7, 11) is 0. The molecular formula is C8H14O3. The molecule has 1 aliphatic heterocycles. The summed E-state index contributed by atoms with van der Waals surface area (Å²) < 4.78 is 4.90. The second kappa shape index (κ2) is 3.22. The van der Waals surface area contributed by atoms with Crippen molar-refractivity contribution in [3.8, 4) is 0 Å². The van der Waals surface area contributed by atoms with Gasteiger partial charge in [-0.3, -0.25) is 4.79 Å². The lowest BCUT2D eigenvalue weighted by molar-refractivity contribution is -0.142. The minimum atomic E-state index is -0.579. The topological polar surface area (TPSA) is 46.5 Å². The van der Waals surface area contributed by atoms with E-state index in [2.05, 4.69) is 0 Å². The van der Waals surface area contributed by atoms with Crippen molar-refractivity contribution in [2.75, 3.05) is 0 Å². The predicted octanol–water partition coefficient (Wildman–Crippen LogP) is 0.709. The van der Waals surface area contributed by atoms with Crippen molar-refractivity contribution in [1.82, 2.24) is 0 Å². The van der Waals surface area contributed by atoms with Gasteiger partial charge in [0.15, 0.2) is 0 Å². The highest BCUT2D eigenvalue weighted by atomic mass is 16.6. The van der Waals surface area contributed by atoms with Gasteiger partial charge in [0.2, 0.25) is 0 Å². The van der Waals surface area contributed by atoms with Crippen LogP contribution in [0.25, 0.3) is 0 Å². The molecule has 1 heterocycles. The van der Waals surface area contributed by atoms with E-state index < -0.39 is 6.10 Å². The van der Waals surface area contributed by atoms with Crippen LogP contribution in [0.5, 0.6) is 0 Å². The molecule has 2 atom stereocenters. The van der Waals surface area contributed by atoms with Crippen LogP contribution >= 0.6 is 0 Å². The maximum atomic E-state index is 10.7. The lowest BCUT2D eigenvalue weighted by Gasteiger charge is -2.14. The first-order valence-corrected chi connectivity index (χ1v) is 3.97. The van der Waals surface area contributed by atoms with Crippen molar-refractivity contribution in [2.45, 2.75) is 38.9 Å². The van der Waals surface area contributed by atoms with Gasteiger partial charge in [0, 0.05) is 0 Å². The fourth-order valence-corrected chi connectivity index (χ4v) is 1.27. The van der Waals surface area contributed by atoms with Crippen LogP contribution in [-0.4, -0.2) is 23.3 Å². The van der Waals surface area contributed by atoms with E-state index >= 15 is 0 Å². The largest absolute Gasteiger partial charge is 0.460 e. The number of ether oxygens (including phenoxy) is 1. The fourth-order valence-electron chi connectivity index (χ4n) is 1.27. The Bertz CT molecular complexity index is 153. The Balaban J connectivity index is 2.40. The summed E-state index contributed by atoms with van der Waals surface area (Å²) in [4.78, 5) is 10.7. The molecule has 0 aromatic carbocycles. The number of aliphatic hydroxyl groups is 1. The van der Waals surface area contributed by atoms with Crippen molar-refractivity contribution >= 4 is 5.97 Å². The minimum absolute atomic E-state index is 0.164. The lowest BCUT2D eigenvalue weighted by Crippen LogP contribution is -2.22. The summed E-state index contributed by atoms with van der Waals surface area (Å²) in [5.74, 6) is 0.184. The minimum Gasteiger partial charge on any atom is -0.460 e. The van der Waals surface area contributed by atoms with E-state index in [-0.39, 0.29) is 18.5 Å². The first-order chi connectivity index (χ1) is 5.09. The molecule has 0 aliphatic carbocycles. The van der Waals surface area contributed by atoms with E-state index in [1.54, 1.807) is 0 Å². The number of hydrogen-bond acceptors (Lipinski definition) is 3. The molecular weight excluding hydrogens is 144 g/mol. The van der Waals surface area contributed by atoms with Crippen LogP contribution in [0.15, 0.2) is 0 Å². The van der Waals surface area contributed by atoms with Crippen LogP contribution in [0.3, 0.4) is 0 Å². The number of rotatable bonds is 2. The molecule has 1 aliphatic rings. The number of hydrogen-bond donors (Lipinski definition) is 1. The second-order valence-corrected chi connectivity index (χ2v) is 3.43. The first-order valence-electron chi connectivity index (χ1n) is 3.97. The molecule has 0 amide bonds. The summed E-state index contributed by atoms with van der Waals surface area (Å²) in [6.45, 7) is 4.08. The Kier molecular flexibility index (Phi) is 2.49. The van der Waals surface area contributed by atoms with Gasteiger partial charge in [-0.1, -0.05) is 13.8 Å². The molecule has 1 saturated heterocycles. The predicted molar refractivity (Wildman–Crippen MR) is 40.0 cm³/mol. The fraction of sp³-hybridized carbons (Fsp3) is 0.875. The highest BCUT2D eigenvalue weighted by Gasteiger charge is 2.33. The Morgan fingerprint density at radius 1 is 1.73 bits per heavy atom. The molecule has 0 spiro atoms. The molecule has 1 fully saturated rings. The average molecular weight is 158 g/mol. The molecule has 1 rings (SSSR count). The summed E-state index contributed by atoms with van der Waals surface area (Å²) in [6, 6.07) is 0. The summed E-state index contributed by atoms with van der Waals surface area (Å²) in [5, 5.41) is 9.26. The Labute approximate surface area is 66.4 Å². The Morgan fingerprint density at radius 2 is 2.36 bits per heavy atom. The van der Waals surface area contributed by atoms with Crippen molar-refractivity contribution in [1.29, 1.82) is 0 Å². The monoisotopic (exact) mass is 158 g/mol. The Morgan fingerprint density at radius 3 is 2.73 bits per heavy atom. The van der Waals surface area contributed by atoms with E-state index in [0.717, 1.165) is 6.42 Å². The van der Waals surface area contributed by atoms with E-state index in [4.69, 9.17) is 4.74 Å². The molecule has 11 heavy (non-hydrogen) atoms. The lowest BCUT2D eigenvalue weighted by atomic mass is 10.0. The molecule has 0 saturated carbocycles. The molecule has 0 aromatic rings. The summed E-state index contributed by atoms with van der Waals surface area (Å²) in [6.07, 6.45) is 0.0806. The molecule has 1 N–H and O–H groups in total. The summed E-state index contributed by atoms with van der Waals surface area (Å²) >= 11 is 0. The van der Waals surface area contributed by atoms with Gasteiger partial charge in [0.1, 0.15) is 12.2 Å². The molecule has 0 radical (unpaired) electrons. The van der Waals surface area contributed by atoms with Gasteiger partial charge in [0.25, 0.3) is 0 Å². The first kappa shape index (κ1) is 8.53. The van der Waals surface area contributed by atoms with Gasteiger partial charge in [-0.2, -0.15) is 0 Å². The van der Waals surface area contributed by atoms with Gasteiger partial charge in [-0.05, 0) is 12.3 Å². The molecule has 3 heteroatoms. The third-order valence-corrected chi connectivity index (χ3v) is 1.79. The van der Waals surface area contributed by atoms with Crippen molar-refractivity contribution in [2.24, 2.45) is 5.92 Å². The van der Waals surface area contributed by atoms with Crippen LogP contribution in [0.2, 0.25) is 0 Å². The second-order valence-electron chi connectivity index (χ2n) is 3.43. The zero-order chi connectivity index (χ0) is 8.43. The van der Waals surface area contributed by atoms with E-state index in [0.29, 0.717) is 5.92 Å². The summed E-state index contributed by atoms with van der Waals surface area (Å²) in [5.41, 5.74) is 0. The zero-order valence-corrected chi connectivity index (χ0v) is 6.91. The highest BCUT2D eigenvalue weighted by Crippen LogP contribution is 2.20. The number of esters is 1. The molecule has 0 bridgehead atoms. The van der Waals surface area contributed by atoms with Crippen LogP contribution in [0.1, 0.15) is 26.7 Å². The third kappa shape index (κ3) is 2.19. The van der Waals surface area contributed by atoms with Crippen LogP contribution in [0, 0.1) is 5.92 Å². The number of aliphatic hydroxyl groups excluding tert-OH is 1.